The van der Waals surface area contributed by atoms with Crippen LogP contribution in [0.15, 0.2) is 42.5 Å². The molecule has 29 heavy (non-hydrogen) atoms. The summed E-state index contributed by atoms with van der Waals surface area (Å²) in [7, 11) is 3.89. The number of aromatic nitrogens is 1. The summed E-state index contributed by atoms with van der Waals surface area (Å²) in [6.07, 6.45) is 0. The lowest BCUT2D eigenvalue weighted by Gasteiger charge is -2.24. The van der Waals surface area contributed by atoms with Gasteiger partial charge in [-0.15, -0.1) is 11.3 Å². The fraction of sp³-hybridized carbons (Fsp3) is 0.318. The monoisotopic (exact) mass is 410 g/mol. The quantitative estimate of drug-likeness (QED) is 0.647. The number of nitrogens with one attached hydrogen (secondary N) is 1. The summed E-state index contributed by atoms with van der Waals surface area (Å²) in [4.78, 5) is 34.7. The first-order valence-corrected chi connectivity index (χ1v) is 10.3. The summed E-state index contributed by atoms with van der Waals surface area (Å²) in [6.45, 7) is 4.99. The van der Waals surface area contributed by atoms with Crippen LogP contribution in [0.2, 0.25) is 0 Å². The smallest absolute Gasteiger partial charge is 0.254 e. The minimum atomic E-state index is -0.244. The Hall–Kier alpha value is -2.77. The molecule has 0 fully saturated rings. The summed E-state index contributed by atoms with van der Waals surface area (Å²) in [5.74, 6) is -0.397. The molecule has 3 rings (SSSR count). The highest BCUT2D eigenvalue weighted by Crippen LogP contribution is 2.21. The maximum atomic E-state index is 13.2. The maximum absolute atomic E-state index is 13.2. The lowest BCUT2D eigenvalue weighted by Crippen LogP contribution is -2.41. The van der Waals surface area contributed by atoms with E-state index in [0.717, 1.165) is 21.3 Å². The van der Waals surface area contributed by atoms with Gasteiger partial charge in [0.25, 0.3) is 5.91 Å². The van der Waals surface area contributed by atoms with Gasteiger partial charge in [0, 0.05) is 23.5 Å². The van der Waals surface area contributed by atoms with Crippen LogP contribution < -0.4 is 5.32 Å². The number of hydrogen-bond donors (Lipinski definition) is 1. The molecule has 0 unspecified atom stereocenters. The van der Waals surface area contributed by atoms with E-state index in [2.05, 4.69) is 10.3 Å². The molecule has 2 aromatic carbocycles. The zero-order chi connectivity index (χ0) is 21.0. The van der Waals surface area contributed by atoms with Gasteiger partial charge in [-0.1, -0.05) is 30.3 Å². The highest BCUT2D eigenvalue weighted by atomic mass is 32.1. The first kappa shape index (κ1) is 21.0. The molecule has 0 bridgehead atoms. The van der Waals surface area contributed by atoms with Crippen LogP contribution in [0, 0.1) is 13.8 Å². The van der Waals surface area contributed by atoms with Crippen LogP contribution in [0.3, 0.4) is 0 Å². The van der Waals surface area contributed by atoms with E-state index < -0.39 is 0 Å². The summed E-state index contributed by atoms with van der Waals surface area (Å²) in [5, 5.41) is 5.47. The van der Waals surface area contributed by atoms with Gasteiger partial charge in [-0.3, -0.25) is 9.59 Å². The number of fused-ring (bicyclic) bond motifs is 1. The Labute approximate surface area is 175 Å². The molecule has 0 radical (unpaired) electrons. The zero-order valence-electron chi connectivity index (χ0n) is 17.2. The number of likely N-dealkylation sites (N-methyl/N-ethyl adjacent to an activating group) is 1. The van der Waals surface area contributed by atoms with Crippen LogP contribution >= 0.6 is 11.3 Å². The molecule has 0 saturated carbocycles. The molecular weight excluding hydrogens is 384 g/mol. The van der Waals surface area contributed by atoms with E-state index in [4.69, 9.17) is 0 Å². The number of carbonyl (C=O) groups excluding carboxylic acids is 2. The van der Waals surface area contributed by atoms with Gasteiger partial charge in [0.2, 0.25) is 5.91 Å². The van der Waals surface area contributed by atoms with E-state index in [0.29, 0.717) is 23.8 Å². The second-order valence-corrected chi connectivity index (χ2v) is 8.50. The van der Waals surface area contributed by atoms with Crippen molar-refractivity contribution in [2.45, 2.75) is 13.8 Å². The van der Waals surface area contributed by atoms with Crippen molar-refractivity contribution in [2.24, 2.45) is 0 Å². The topological polar surface area (TPSA) is 65.5 Å². The van der Waals surface area contributed by atoms with E-state index in [9.17, 15) is 9.59 Å². The predicted octanol–water partition coefficient (Wildman–Crippen LogP) is 3.56. The molecule has 1 heterocycles. The van der Waals surface area contributed by atoms with Crippen molar-refractivity contribution in [3.8, 4) is 0 Å². The van der Waals surface area contributed by atoms with Gasteiger partial charge in [-0.25, -0.2) is 4.98 Å². The minimum Gasteiger partial charge on any atom is -0.328 e. The third-order valence-electron chi connectivity index (χ3n) is 4.71. The van der Waals surface area contributed by atoms with Crippen molar-refractivity contribution in [2.75, 3.05) is 39.0 Å². The van der Waals surface area contributed by atoms with Gasteiger partial charge in [-0.05, 0) is 50.8 Å². The largest absolute Gasteiger partial charge is 0.328 e. The lowest BCUT2D eigenvalue weighted by atomic mass is 10.1. The van der Waals surface area contributed by atoms with Crippen molar-refractivity contribution in [3.63, 3.8) is 0 Å². The van der Waals surface area contributed by atoms with Crippen molar-refractivity contribution in [1.29, 1.82) is 0 Å². The van der Waals surface area contributed by atoms with Gasteiger partial charge in [0.15, 0.2) is 5.13 Å². The first-order valence-electron chi connectivity index (χ1n) is 9.50. The Bertz CT molecular complexity index is 1010. The summed E-state index contributed by atoms with van der Waals surface area (Å²) in [5.41, 5.74) is 1.48. The fourth-order valence-corrected chi connectivity index (χ4v) is 3.77. The number of carbonyl (C=O) groups is 2. The SMILES string of the molecule is Cc1nc(NC(=O)CN(CCN(C)C)C(=O)c2ccc3ccccc3c2)sc1C. The number of anilines is 1. The van der Waals surface area contributed by atoms with Crippen LogP contribution in [-0.2, 0) is 4.79 Å². The number of aryl methyl sites for hydroxylation is 2. The van der Waals surface area contributed by atoms with Crippen molar-refractivity contribution in [1.82, 2.24) is 14.8 Å². The average Bonchev–Trinajstić information content (AvgIpc) is 3.00. The third-order valence-corrected chi connectivity index (χ3v) is 5.70. The normalized spacial score (nSPS) is 11.1. The molecular formula is C22H26N4O2S. The Morgan fingerprint density at radius 3 is 2.41 bits per heavy atom. The molecule has 1 N–H and O–H groups in total. The third kappa shape index (κ3) is 5.40. The summed E-state index contributed by atoms with van der Waals surface area (Å²) < 4.78 is 0. The van der Waals surface area contributed by atoms with Gasteiger partial charge < -0.3 is 15.1 Å². The zero-order valence-corrected chi connectivity index (χ0v) is 18.0. The highest BCUT2D eigenvalue weighted by Gasteiger charge is 2.20. The van der Waals surface area contributed by atoms with E-state index in [1.807, 2.05) is 75.3 Å². The van der Waals surface area contributed by atoms with Crippen LogP contribution in [0.5, 0.6) is 0 Å². The van der Waals surface area contributed by atoms with E-state index in [-0.39, 0.29) is 18.4 Å². The molecule has 6 nitrogen and oxygen atoms in total. The highest BCUT2D eigenvalue weighted by molar-refractivity contribution is 7.15. The Morgan fingerprint density at radius 2 is 1.76 bits per heavy atom. The lowest BCUT2D eigenvalue weighted by molar-refractivity contribution is -0.116. The first-order chi connectivity index (χ1) is 13.8. The van der Waals surface area contributed by atoms with E-state index in [1.165, 1.54) is 11.3 Å². The van der Waals surface area contributed by atoms with E-state index in [1.54, 1.807) is 4.90 Å². The van der Waals surface area contributed by atoms with Crippen LogP contribution in [-0.4, -0.2) is 60.3 Å². The standard InChI is InChI=1S/C22H26N4O2S/c1-15-16(2)29-22(23-15)24-20(27)14-26(12-11-25(3)4)21(28)19-10-9-17-7-5-6-8-18(17)13-19/h5-10,13H,11-12,14H2,1-4H3,(H,23,24,27). The molecule has 152 valence electrons. The minimum absolute atomic E-state index is 0.0167. The van der Waals surface area contributed by atoms with Gasteiger partial charge in [0.05, 0.1) is 5.69 Å². The number of nitrogens with zero attached hydrogens (tertiary/aromatic N) is 3. The molecule has 0 atom stereocenters. The number of benzene rings is 2. The molecule has 3 aromatic rings. The van der Waals surface area contributed by atoms with Crippen molar-refractivity contribution >= 4 is 39.1 Å². The van der Waals surface area contributed by atoms with Gasteiger partial charge in [0.1, 0.15) is 6.54 Å². The Morgan fingerprint density at radius 1 is 1.03 bits per heavy atom. The molecule has 2 amide bonds. The van der Waals surface area contributed by atoms with Gasteiger partial charge >= 0.3 is 0 Å². The van der Waals surface area contributed by atoms with E-state index >= 15 is 0 Å². The van der Waals surface area contributed by atoms with Crippen LogP contribution in [0.4, 0.5) is 5.13 Å². The van der Waals surface area contributed by atoms with Gasteiger partial charge in [-0.2, -0.15) is 0 Å². The second-order valence-electron chi connectivity index (χ2n) is 7.30. The Kier molecular flexibility index (Phi) is 6.61. The van der Waals surface area contributed by atoms with Crippen LogP contribution in [0.25, 0.3) is 10.8 Å². The average molecular weight is 411 g/mol. The number of rotatable bonds is 7. The maximum Gasteiger partial charge on any atom is 0.254 e. The van der Waals surface area contributed by atoms with Crippen molar-refractivity contribution < 1.29 is 9.59 Å². The summed E-state index contributed by atoms with van der Waals surface area (Å²) in [6, 6.07) is 13.6. The molecule has 0 spiro atoms. The van der Waals surface area contributed by atoms with Crippen LogP contribution in [0.1, 0.15) is 20.9 Å². The molecule has 0 saturated heterocycles. The molecule has 0 aliphatic heterocycles. The Balaban J connectivity index is 1.77. The fourth-order valence-electron chi connectivity index (χ4n) is 2.94. The molecule has 7 heteroatoms. The second kappa shape index (κ2) is 9.15. The number of hydrogen-bond acceptors (Lipinski definition) is 5. The molecule has 1 aromatic heterocycles. The van der Waals surface area contributed by atoms with Crippen molar-refractivity contribution in [3.05, 3.63) is 58.6 Å². The molecule has 0 aliphatic carbocycles. The predicted molar refractivity (Wildman–Crippen MR) is 119 cm³/mol. The molecule has 0 aliphatic rings. The number of amides is 2. The number of thiazole rings is 1. The summed E-state index contributed by atoms with van der Waals surface area (Å²) >= 11 is 1.44.